The molecule has 0 atom stereocenters. The van der Waals surface area contributed by atoms with Gasteiger partial charge in [-0.05, 0) is 33.3 Å². The predicted octanol–water partition coefficient (Wildman–Crippen LogP) is 1.73. The van der Waals surface area contributed by atoms with Gasteiger partial charge in [0.25, 0.3) is 0 Å². The molecule has 0 bridgehead atoms. The fourth-order valence-electron chi connectivity index (χ4n) is 1.38. The summed E-state index contributed by atoms with van der Waals surface area (Å²) >= 11 is 0. The Morgan fingerprint density at radius 2 is 2.31 bits per heavy atom. The normalized spacial score (nSPS) is 10.4. The van der Waals surface area contributed by atoms with Crippen molar-refractivity contribution in [2.45, 2.75) is 40.2 Å². The molecule has 1 aromatic rings. The van der Waals surface area contributed by atoms with E-state index in [1.54, 1.807) is 6.92 Å². The number of hydrogen-bond donors (Lipinski definition) is 0. The zero-order valence-corrected chi connectivity index (χ0v) is 8.50. The third kappa shape index (κ3) is 2.68. The highest BCUT2D eigenvalue weighted by Gasteiger charge is 2.04. The van der Waals surface area contributed by atoms with Crippen LogP contribution in [0.2, 0.25) is 0 Å². The van der Waals surface area contributed by atoms with Crippen molar-refractivity contribution in [2.24, 2.45) is 0 Å². The van der Waals surface area contributed by atoms with Crippen LogP contribution in [0.25, 0.3) is 0 Å². The first kappa shape index (κ1) is 9.96. The molecule has 0 saturated heterocycles. The first-order chi connectivity index (χ1) is 6.13. The minimum Gasteiger partial charge on any atom is -0.300 e. The maximum atomic E-state index is 10.8. The fourth-order valence-corrected chi connectivity index (χ4v) is 1.38. The minimum absolute atomic E-state index is 0.238. The number of Topliss-reactive ketones (excluding diaryl/α,β-unsaturated/α-hetero) is 1. The van der Waals surface area contributed by atoms with E-state index in [2.05, 4.69) is 12.0 Å². The summed E-state index contributed by atoms with van der Waals surface area (Å²) in [5.74, 6) is 0.238. The third-order valence-corrected chi connectivity index (χ3v) is 2.02. The third-order valence-electron chi connectivity index (χ3n) is 2.02. The highest BCUT2D eigenvalue weighted by atomic mass is 16.1. The predicted molar refractivity (Wildman–Crippen MR) is 51.6 cm³/mol. The van der Waals surface area contributed by atoms with Gasteiger partial charge < -0.3 is 4.79 Å². The van der Waals surface area contributed by atoms with E-state index in [0.717, 1.165) is 24.4 Å². The molecule has 0 aliphatic carbocycles. The number of carbonyl (C=O) groups excluding carboxylic acids is 1. The first-order valence-electron chi connectivity index (χ1n) is 4.66. The molecule has 0 aromatic carbocycles. The molecule has 13 heavy (non-hydrogen) atoms. The summed E-state index contributed by atoms with van der Waals surface area (Å²) in [5.41, 5.74) is 2.19. The lowest BCUT2D eigenvalue weighted by molar-refractivity contribution is -0.117. The first-order valence-corrected chi connectivity index (χ1v) is 4.66. The second-order valence-corrected chi connectivity index (χ2v) is 3.29. The quantitative estimate of drug-likeness (QED) is 0.707. The van der Waals surface area contributed by atoms with Crippen LogP contribution in [0.4, 0.5) is 0 Å². The van der Waals surface area contributed by atoms with Crippen LogP contribution in [0.15, 0.2) is 6.07 Å². The Kier molecular flexibility index (Phi) is 3.23. The Morgan fingerprint density at radius 1 is 1.62 bits per heavy atom. The Balaban J connectivity index is 2.69. The van der Waals surface area contributed by atoms with Gasteiger partial charge in [-0.3, -0.25) is 4.68 Å². The van der Waals surface area contributed by atoms with Crippen molar-refractivity contribution >= 4 is 5.78 Å². The number of ketones is 1. The van der Waals surface area contributed by atoms with Crippen LogP contribution >= 0.6 is 0 Å². The zero-order valence-electron chi connectivity index (χ0n) is 8.50. The van der Waals surface area contributed by atoms with Crippen molar-refractivity contribution in [2.75, 3.05) is 0 Å². The van der Waals surface area contributed by atoms with Crippen LogP contribution in [-0.2, 0) is 17.8 Å². The lowest BCUT2D eigenvalue weighted by Gasteiger charge is -2.01. The molecule has 3 nitrogen and oxygen atoms in total. The Labute approximate surface area is 78.8 Å². The van der Waals surface area contributed by atoms with E-state index in [0.29, 0.717) is 6.42 Å². The topological polar surface area (TPSA) is 34.9 Å². The average molecular weight is 180 g/mol. The van der Waals surface area contributed by atoms with E-state index in [-0.39, 0.29) is 5.78 Å². The smallest absolute Gasteiger partial charge is 0.130 e. The number of aromatic nitrogens is 2. The summed E-state index contributed by atoms with van der Waals surface area (Å²) < 4.78 is 1.96. The van der Waals surface area contributed by atoms with Crippen molar-refractivity contribution in [1.29, 1.82) is 0 Å². The molecule has 1 aromatic heterocycles. The Morgan fingerprint density at radius 3 is 2.85 bits per heavy atom. The molecule has 0 N–H and O–H groups in total. The summed E-state index contributed by atoms with van der Waals surface area (Å²) in [6.07, 6.45) is 1.43. The SMILES string of the molecule is CCn1nc(C)cc1CCC(C)=O. The second kappa shape index (κ2) is 4.21. The second-order valence-electron chi connectivity index (χ2n) is 3.29. The van der Waals surface area contributed by atoms with Crippen molar-refractivity contribution in [3.63, 3.8) is 0 Å². The van der Waals surface area contributed by atoms with Gasteiger partial charge in [-0.25, -0.2) is 0 Å². The molecule has 0 radical (unpaired) electrons. The van der Waals surface area contributed by atoms with Gasteiger partial charge in [0.1, 0.15) is 5.78 Å². The zero-order chi connectivity index (χ0) is 9.84. The molecule has 0 aliphatic rings. The van der Waals surface area contributed by atoms with Crippen LogP contribution in [0.1, 0.15) is 31.7 Å². The number of hydrogen-bond acceptors (Lipinski definition) is 2. The van der Waals surface area contributed by atoms with E-state index in [1.807, 2.05) is 17.7 Å². The van der Waals surface area contributed by atoms with Crippen LogP contribution in [-0.4, -0.2) is 15.6 Å². The van der Waals surface area contributed by atoms with Gasteiger partial charge in [0, 0.05) is 18.7 Å². The monoisotopic (exact) mass is 180 g/mol. The molecular formula is C10H16N2O. The van der Waals surface area contributed by atoms with Gasteiger partial charge in [-0.15, -0.1) is 0 Å². The molecule has 3 heteroatoms. The highest BCUT2D eigenvalue weighted by molar-refractivity contribution is 5.75. The number of nitrogens with zero attached hydrogens (tertiary/aromatic N) is 2. The van der Waals surface area contributed by atoms with Crippen LogP contribution < -0.4 is 0 Å². The molecule has 0 aliphatic heterocycles. The van der Waals surface area contributed by atoms with E-state index >= 15 is 0 Å². The summed E-state index contributed by atoms with van der Waals surface area (Å²) in [5, 5.41) is 4.31. The lowest BCUT2D eigenvalue weighted by Crippen LogP contribution is -2.04. The molecule has 1 rings (SSSR count). The van der Waals surface area contributed by atoms with Gasteiger partial charge in [0.2, 0.25) is 0 Å². The van der Waals surface area contributed by atoms with E-state index in [4.69, 9.17) is 0 Å². The number of aryl methyl sites for hydroxylation is 3. The fraction of sp³-hybridized carbons (Fsp3) is 0.600. The van der Waals surface area contributed by atoms with Gasteiger partial charge in [0.15, 0.2) is 0 Å². The van der Waals surface area contributed by atoms with Crippen molar-refractivity contribution in [1.82, 2.24) is 9.78 Å². The maximum absolute atomic E-state index is 10.8. The Bertz CT molecular complexity index is 302. The molecule has 0 spiro atoms. The number of carbonyl (C=O) groups is 1. The van der Waals surface area contributed by atoms with Crippen LogP contribution in [0.3, 0.4) is 0 Å². The minimum atomic E-state index is 0.238. The molecule has 1 heterocycles. The maximum Gasteiger partial charge on any atom is 0.130 e. The van der Waals surface area contributed by atoms with Crippen molar-refractivity contribution in [3.8, 4) is 0 Å². The lowest BCUT2D eigenvalue weighted by atomic mass is 10.2. The average Bonchev–Trinajstić information content (AvgIpc) is 2.42. The van der Waals surface area contributed by atoms with E-state index in [9.17, 15) is 4.79 Å². The van der Waals surface area contributed by atoms with Gasteiger partial charge in [0.05, 0.1) is 5.69 Å². The van der Waals surface area contributed by atoms with Crippen molar-refractivity contribution < 1.29 is 4.79 Å². The van der Waals surface area contributed by atoms with Crippen LogP contribution in [0, 0.1) is 6.92 Å². The van der Waals surface area contributed by atoms with Gasteiger partial charge >= 0.3 is 0 Å². The van der Waals surface area contributed by atoms with E-state index < -0.39 is 0 Å². The number of rotatable bonds is 4. The van der Waals surface area contributed by atoms with Crippen LogP contribution in [0.5, 0.6) is 0 Å². The molecular weight excluding hydrogens is 164 g/mol. The molecule has 72 valence electrons. The molecule has 0 saturated carbocycles. The van der Waals surface area contributed by atoms with Crippen molar-refractivity contribution in [3.05, 3.63) is 17.5 Å². The largest absolute Gasteiger partial charge is 0.300 e. The summed E-state index contributed by atoms with van der Waals surface area (Å²) in [4.78, 5) is 10.8. The summed E-state index contributed by atoms with van der Waals surface area (Å²) in [7, 11) is 0. The van der Waals surface area contributed by atoms with Gasteiger partial charge in [-0.1, -0.05) is 0 Å². The van der Waals surface area contributed by atoms with Gasteiger partial charge in [-0.2, -0.15) is 5.10 Å². The summed E-state index contributed by atoms with van der Waals surface area (Å²) in [6, 6.07) is 2.05. The standard InChI is InChI=1S/C10H16N2O/c1-4-12-10(6-5-9(3)13)7-8(2)11-12/h7H,4-6H2,1-3H3. The molecule has 0 unspecified atom stereocenters. The molecule has 0 fully saturated rings. The Hall–Kier alpha value is -1.12. The molecule has 0 amide bonds. The van der Waals surface area contributed by atoms with E-state index in [1.165, 1.54) is 0 Å². The highest BCUT2D eigenvalue weighted by Crippen LogP contribution is 2.06. The summed E-state index contributed by atoms with van der Waals surface area (Å²) in [6.45, 7) is 6.54.